The molecule has 1 saturated heterocycles. The van der Waals surface area contributed by atoms with E-state index in [0.29, 0.717) is 44.9 Å². The number of benzene rings is 1. The normalized spacial score (nSPS) is 27.5. The summed E-state index contributed by atoms with van der Waals surface area (Å²) in [5.41, 5.74) is 0.130. The van der Waals surface area contributed by atoms with Gasteiger partial charge in [-0.2, -0.15) is 0 Å². The number of hydrogen-bond acceptors (Lipinski definition) is 5. The molecule has 0 radical (unpaired) electrons. The van der Waals surface area contributed by atoms with Crippen LogP contribution in [0.4, 0.5) is 0 Å². The standard InChI is InChI=1S/C23H30N2O5/c26-21(24-10-12-25(13-11-24)22(27)23(28)8-1-9-23)17-4-2-16(3-5-17)18-6-7-19-20(14-18)30-15-29-19/h6-7,14,16-17,28H,1-5,8-13,15H2. The van der Waals surface area contributed by atoms with Gasteiger partial charge in [-0.3, -0.25) is 9.59 Å². The molecule has 2 saturated carbocycles. The first-order chi connectivity index (χ1) is 14.5. The third-order valence-electron chi connectivity index (χ3n) is 7.40. The minimum Gasteiger partial charge on any atom is -0.454 e. The van der Waals surface area contributed by atoms with Crippen molar-refractivity contribution in [2.45, 2.75) is 56.5 Å². The smallest absolute Gasteiger partial charge is 0.254 e. The van der Waals surface area contributed by atoms with Crippen LogP contribution in [0.25, 0.3) is 0 Å². The van der Waals surface area contributed by atoms with Crippen molar-refractivity contribution in [3.63, 3.8) is 0 Å². The Labute approximate surface area is 176 Å². The maximum absolute atomic E-state index is 13.0. The van der Waals surface area contributed by atoms with Crippen molar-refractivity contribution in [2.24, 2.45) is 5.92 Å². The van der Waals surface area contributed by atoms with Gasteiger partial charge in [0, 0.05) is 32.1 Å². The molecule has 1 N–H and O–H groups in total. The van der Waals surface area contributed by atoms with Crippen LogP contribution in [0.2, 0.25) is 0 Å². The molecule has 30 heavy (non-hydrogen) atoms. The van der Waals surface area contributed by atoms with Crippen LogP contribution in [0.1, 0.15) is 56.4 Å². The molecule has 2 amide bonds. The van der Waals surface area contributed by atoms with Crippen LogP contribution in [0, 0.1) is 5.92 Å². The molecule has 162 valence electrons. The molecule has 3 fully saturated rings. The SMILES string of the molecule is O=C(C1CCC(c2ccc3c(c2)OCO3)CC1)N1CCN(C(=O)C2(O)CCC2)CC1. The number of piperazine rings is 1. The number of fused-ring (bicyclic) bond motifs is 1. The molecule has 0 spiro atoms. The zero-order valence-corrected chi connectivity index (χ0v) is 17.3. The average Bonchev–Trinajstić information content (AvgIpc) is 3.24. The van der Waals surface area contributed by atoms with E-state index in [2.05, 4.69) is 12.1 Å². The van der Waals surface area contributed by atoms with Crippen molar-refractivity contribution in [3.05, 3.63) is 23.8 Å². The molecule has 7 nitrogen and oxygen atoms in total. The molecule has 4 aliphatic rings. The lowest BCUT2D eigenvalue weighted by molar-refractivity contribution is -0.163. The Morgan fingerprint density at radius 2 is 1.60 bits per heavy atom. The molecule has 5 rings (SSSR count). The minimum absolute atomic E-state index is 0.0772. The molecule has 2 heterocycles. The van der Waals surface area contributed by atoms with E-state index < -0.39 is 5.60 Å². The number of rotatable bonds is 3. The molecule has 1 aromatic rings. The summed E-state index contributed by atoms with van der Waals surface area (Å²) in [5, 5.41) is 10.3. The number of ether oxygens (including phenoxy) is 2. The number of carbonyl (C=O) groups is 2. The van der Waals surface area contributed by atoms with Gasteiger partial charge in [-0.05, 0) is 68.6 Å². The van der Waals surface area contributed by atoms with Crippen LogP contribution in [0.15, 0.2) is 18.2 Å². The molecule has 2 aliphatic heterocycles. The Morgan fingerprint density at radius 1 is 0.933 bits per heavy atom. The lowest BCUT2D eigenvalue weighted by atomic mass is 9.78. The van der Waals surface area contributed by atoms with Gasteiger partial charge in [-0.25, -0.2) is 0 Å². The monoisotopic (exact) mass is 414 g/mol. The predicted octanol–water partition coefficient (Wildman–Crippen LogP) is 2.27. The van der Waals surface area contributed by atoms with Gasteiger partial charge in [0.25, 0.3) is 5.91 Å². The number of nitrogens with zero attached hydrogens (tertiary/aromatic N) is 2. The minimum atomic E-state index is -1.14. The third kappa shape index (κ3) is 3.53. The highest BCUT2D eigenvalue weighted by Crippen LogP contribution is 2.41. The summed E-state index contributed by atoms with van der Waals surface area (Å²) in [6.07, 6.45) is 5.85. The van der Waals surface area contributed by atoms with Gasteiger partial charge in [0.1, 0.15) is 5.60 Å². The maximum Gasteiger partial charge on any atom is 0.254 e. The zero-order valence-electron chi connectivity index (χ0n) is 17.3. The molecule has 0 aromatic heterocycles. The van der Waals surface area contributed by atoms with E-state index in [1.807, 2.05) is 11.0 Å². The largest absolute Gasteiger partial charge is 0.454 e. The van der Waals surface area contributed by atoms with Crippen molar-refractivity contribution in [1.82, 2.24) is 9.80 Å². The first kappa shape index (κ1) is 19.7. The summed E-state index contributed by atoms with van der Waals surface area (Å²) in [7, 11) is 0. The van der Waals surface area contributed by atoms with Crippen LogP contribution in [0.3, 0.4) is 0 Å². The third-order valence-corrected chi connectivity index (χ3v) is 7.40. The van der Waals surface area contributed by atoms with Crippen LogP contribution < -0.4 is 9.47 Å². The van der Waals surface area contributed by atoms with E-state index in [1.165, 1.54) is 5.56 Å². The van der Waals surface area contributed by atoms with E-state index in [0.717, 1.165) is 43.6 Å². The second-order valence-corrected chi connectivity index (χ2v) is 9.16. The van der Waals surface area contributed by atoms with Gasteiger partial charge >= 0.3 is 0 Å². The quantitative estimate of drug-likeness (QED) is 0.821. The number of amides is 2. The van der Waals surface area contributed by atoms with Crippen LogP contribution in [-0.2, 0) is 9.59 Å². The lowest BCUT2D eigenvalue weighted by Crippen LogP contribution is -2.59. The molecule has 0 unspecified atom stereocenters. The fraction of sp³-hybridized carbons (Fsp3) is 0.652. The Hall–Kier alpha value is -2.28. The van der Waals surface area contributed by atoms with Gasteiger partial charge in [-0.1, -0.05) is 6.07 Å². The summed E-state index contributed by atoms with van der Waals surface area (Å²) >= 11 is 0. The van der Waals surface area contributed by atoms with Crippen molar-refractivity contribution in [1.29, 1.82) is 0 Å². The van der Waals surface area contributed by atoms with E-state index in [-0.39, 0.29) is 24.5 Å². The van der Waals surface area contributed by atoms with Crippen molar-refractivity contribution < 1.29 is 24.2 Å². The maximum atomic E-state index is 13.0. The van der Waals surface area contributed by atoms with Gasteiger partial charge in [-0.15, -0.1) is 0 Å². The van der Waals surface area contributed by atoms with E-state index in [1.54, 1.807) is 4.90 Å². The second-order valence-electron chi connectivity index (χ2n) is 9.16. The predicted molar refractivity (Wildman–Crippen MR) is 109 cm³/mol. The van der Waals surface area contributed by atoms with E-state index in [9.17, 15) is 14.7 Å². The Morgan fingerprint density at radius 3 is 2.27 bits per heavy atom. The summed E-state index contributed by atoms with van der Waals surface area (Å²) in [6, 6.07) is 6.18. The Bertz CT molecular complexity index is 821. The molecule has 2 aliphatic carbocycles. The zero-order chi connectivity index (χ0) is 20.7. The number of aliphatic hydroxyl groups is 1. The van der Waals surface area contributed by atoms with Crippen LogP contribution in [-0.4, -0.2) is 65.3 Å². The van der Waals surface area contributed by atoms with E-state index in [4.69, 9.17) is 9.47 Å². The molecule has 0 atom stereocenters. The Balaban J connectivity index is 1.12. The van der Waals surface area contributed by atoms with Gasteiger partial charge in [0.05, 0.1) is 0 Å². The topological polar surface area (TPSA) is 79.3 Å². The van der Waals surface area contributed by atoms with Crippen molar-refractivity contribution in [3.8, 4) is 11.5 Å². The fourth-order valence-electron chi connectivity index (χ4n) is 5.25. The fourth-order valence-corrected chi connectivity index (χ4v) is 5.25. The van der Waals surface area contributed by atoms with Crippen LogP contribution >= 0.6 is 0 Å². The first-order valence-electron chi connectivity index (χ1n) is 11.2. The lowest BCUT2D eigenvalue weighted by Gasteiger charge is -2.43. The molecular weight excluding hydrogens is 384 g/mol. The van der Waals surface area contributed by atoms with Crippen molar-refractivity contribution in [2.75, 3.05) is 33.0 Å². The first-order valence-corrected chi connectivity index (χ1v) is 11.2. The molecule has 1 aromatic carbocycles. The summed E-state index contributed by atoms with van der Waals surface area (Å²) in [6.45, 7) is 2.49. The highest BCUT2D eigenvalue weighted by atomic mass is 16.7. The van der Waals surface area contributed by atoms with Gasteiger partial charge in [0.15, 0.2) is 11.5 Å². The Kier molecular flexibility index (Phi) is 5.09. The van der Waals surface area contributed by atoms with Gasteiger partial charge < -0.3 is 24.4 Å². The molecular formula is C23H30N2O5. The van der Waals surface area contributed by atoms with Crippen LogP contribution in [0.5, 0.6) is 11.5 Å². The highest BCUT2D eigenvalue weighted by Gasteiger charge is 2.45. The average molecular weight is 415 g/mol. The summed E-state index contributed by atoms with van der Waals surface area (Å²) in [4.78, 5) is 29.2. The number of carbonyl (C=O) groups excluding carboxylic acids is 2. The molecule has 7 heteroatoms. The van der Waals surface area contributed by atoms with Crippen molar-refractivity contribution >= 4 is 11.8 Å². The second kappa shape index (κ2) is 7.76. The summed E-state index contributed by atoms with van der Waals surface area (Å²) in [5.74, 6) is 2.25. The molecule has 0 bridgehead atoms. The number of hydrogen-bond donors (Lipinski definition) is 1. The van der Waals surface area contributed by atoms with Gasteiger partial charge in [0.2, 0.25) is 12.7 Å². The highest BCUT2D eigenvalue weighted by molar-refractivity contribution is 5.86. The van der Waals surface area contributed by atoms with E-state index >= 15 is 0 Å². The summed E-state index contributed by atoms with van der Waals surface area (Å²) < 4.78 is 10.9.